The number of carbonyl (C=O) groups is 1. The summed E-state index contributed by atoms with van der Waals surface area (Å²) in [6.45, 7) is 3.87. The third-order valence-electron chi connectivity index (χ3n) is 4.83. The van der Waals surface area contributed by atoms with Gasteiger partial charge in [0.1, 0.15) is 4.90 Å². The zero-order chi connectivity index (χ0) is 19.2. The summed E-state index contributed by atoms with van der Waals surface area (Å²) in [5.41, 5.74) is 3.48. The van der Waals surface area contributed by atoms with Crippen LogP contribution in [0, 0.1) is 13.8 Å². The first-order valence-corrected chi connectivity index (χ1v) is 11.0. The molecule has 1 aromatic heterocycles. The van der Waals surface area contributed by atoms with E-state index in [1.165, 1.54) is 11.3 Å². The maximum atomic E-state index is 13.2. The summed E-state index contributed by atoms with van der Waals surface area (Å²) >= 11 is 1.39. The molecule has 0 spiro atoms. The van der Waals surface area contributed by atoms with E-state index in [-0.39, 0.29) is 21.6 Å². The Bertz CT molecular complexity index is 1130. The predicted molar refractivity (Wildman–Crippen MR) is 107 cm³/mol. The van der Waals surface area contributed by atoms with Crippen LogP contribution >= 0.6 is 11.3 Å². The lowest BCUT2D eigenvalue weighted by molar-refractivity contribution is -0.116. The molecule has 0 saturated carbocycles. The summed E-state index contributed by atoms with van der Waals surface area (Å²) in [5.74, 6) is -0.284. The first-order valence-electron chi connectivity index (χ1n) is 8.66. The van der Waals surface area contributed by atoms with Gasteiger partial charge < -0.3 is 5.32 Å². The Morgan fingerprint density at radius 2 is 1.78 bits per heavy atom. The van der Waals surface area contributed by atoms with Gasteiger partial charge in [0.15, 0.2) is 0 Å². The number of anilines is 1. The first-order chi connectivity index (χ1) is 12.9. The molecule has 2 aromatic carbocycles. The van der Waals surface area contributed by atoms with E-state index in [1.807, 2.05) is 44.2 Å². The molecule has 3 aromatic rings. The quantitative estimate of drug-likeness (QED) is 0.698. The van der Waals surface area contributed by atoms with E-state index in [2.05, 4.69) is 5.32 Å². The van der Waals surface area contributed by atoms with Crippen molar-refractivity contribution in [1.29, 1.82) is 0 Å². The maximum Gasteiger partial charge on any atom is 0.225 e. The van der Waals surface area contributed by atoms with Crippen molar-refractivity contribution in [1.82, 2.24) is 0 Å². The minimum Gasteiger partial charge on any atom is -0.324 e. The summed E-state index contributed by atoms with van der Waals surface area (Å²) in [7, 11) is -3.70. The summed E-state index contributed by atoms with van der Waals surface area (Å²) in [6, 6.07) is 14.9. The van der Waals surface area contributed by atoms with Gasteiger partial charge in [-0.25, -0.2) is 8.42 Å². The fourth-order valence-electron chi connectivity index (χ4n) is 3.38. The highest BCUT2D eigenvalue weighted by molar-refractivity contribution is 7.91. The van der Waals surface area contributed by atoms with Crippen molar-refractivity contribution in [3.05, 3.63) is 75.5 Å². The molecule has 27 heavy (non-hydrogen) atoms. The standard InChI is InChI=1S/C21H19NO3S2/c1-13-6-8-15(9-7-13)17-11-19(23)22-20-18(12-26-21(17)20)27(24,25)16-5-3-4-14(2)10-16/h3-10,12,17H,11H2,1-2H3,(H,22,23)/t17-/m1/s1. The van der Waals surface area contributed by atoms with Crippen LogP contribution in [0.4, 0.5) is 5.69 Å². The van der Waals surface area contributed by atoms with Gasteiger partial charge in [0.25, 0.3) is 0 Å². The molecule has 6 heteroatoms. The number of benzene rings is 2. The van der Waals surface area contributed by atoms with Gasteiger partial charge >= 0.3 is 0 Å². The molecule has 1 aliphatic rings. The Labute approximate surface area is 162 Å². The molecule has 0 saturated heterocycles. The van der Waals surface area contributed by atoms with Crippen LogP contribution in [-0.4, -0.2) is 14.3 Å². The zero-order valence-electron chi connectivity index (χ0n) is 15.0. The molecular weight excluding hydrogens is 378 g/mol. The van der Waals surface area contributed by atoms with Crippen molar-refractivity contribution in [2.45, 2.75) is 36.0 Å². The molecule has 0 unspecified atom stereocenters. The average Bonchev–Trinajstić information content (AvgIpc) is 3.06. The van der Waals surface area contributed by atoms with Gasteiger partial charge in [0, 0.05) is 22.6 Å². The Morgan fingerprint density at radius 1 is 1.04 bits per heavy atom. The van der Waals surface area contributed by atoms with Crippen molar-refractivity contribution < 1.29 is 13.2 Å². The molecule has 4 rings (SSSR count). The lowest BCUT2D eigenvalue weighted by Gasteiger charge is -2.24. The van der Waals surface area contributed by atoms with E-state index < -0.39 is 9.84 Å². The molecule has 0 bridgehead atoms. The van der Waals surface area contributed by atoms with Crippen LogP contribution in [0.25, 0.3) is 0 Å². The summed E-state index contributed by atoms with van der Waals surface area (Å²) < 4.78 is 26.3. The maximum absolute atomic E-state index is 13.2. The topological polar surface area (TPSA) is 63.2 Å². The molecule has 1 amide bonds. The number of sulfone groups is 1. The normalized spacial score (nSPS) is 16.7. The molecule has 0 aliphatic carbocycles. The average molecular weight is 398 g/mol. The predicted octanol–water partition coefficient (Wildman–Crippen LogP) is 4.67. The molecular formula is C21H19NO3S2. The Balaban J connectivity index is 1.83. The number of hydrogen-bond acceptors (Lipinski definition) is 4. The van der Waals surface area contributed by atoms with E-state index in [1.54, 1.807) is 23.6 Å². The van der Waals surface area contributed by atoms with Gasteiger partial charge in [-0.3, -0.25) is 4.79 Å². The van der Waals surface area contributed by atoms with Crippen molar-refractivity contribution in [3.63, 3.8) is 0 Å². The van der Waals surface area contributed by atoms with E-state index >= 15 is 0 Å². The lowest BCUT2D eigenvalue weighted by Crippen LogP contribution is -2.23. The number of hydrogen-bond donors (Lipinski definition) is 1. The summed E-state index contributed by atoms with van der Waals surface area (Å²) in [5, 5.41) is 4.45. The van der Waals surface area contributed by atoms with Crippen LogP contribution < -0.4 is 5.32 Å². The molecule has 0 radical (unpaired) electrons. The van der Waals surface area contributed by atoms with Gasteiger partial charge in [-0.05, 0) is 37.1 Å². The first kappa shape index (κ1) is 17.9. The number of fused-ring (bicyclic) bond motifs is 1. The Hall–Kier alpha value is -2.44. The Kier molecular flexibility index (Phi) is 4.40. The van der Waals surface area contributed by atoms with Crippen LogP contribution in [0.3, 0.4) is 0 Å². The second-order valence-electron chi connectivity index (χ2n) is 6.87. The summed E-state index contributed by atoms with van der Waals surface area (Å²) in [4.78, 5) is 13.7. The van der Waals surface area contributed by atoms with Gasteiger partial charge in [-0.2, -0.15) is 0 Å². The van der Waals surface area contributed by atoms with Crippen molar-refractivity contribution in [2.24, 2.45) is 0 Å². The minimum absolute atomic E-state index is 0.124. The third kappa shape index (κ3) is 3.19. The monoisotopic (exact) mass is 397 g/mol. The zero-order valence-corrected chi connectivity index (χ0v) is 16.7. The SMILES string of the molecule is Cc1ccc([C@H]2CC(=O)Nc3c(S(=O)(=O)c4cccc(C)c4)csc32)cc1. The van der Waals surface area contributed by atoms with Crippen LogP contribution in [0.5, 0.6) is 0 Å². The number of nitrogens with one attached hydrogen (secondary N) is 1. The second kappa shape index (κ2) is 6.62. The van der Waals surface area contributed by atoms with Gasteiger partial charge in [0.05, 0.1) is 10.6 Å². The smallest absolute Gasteiger partial charge is 0.225 e. The van der Waals surface area contributed by atoms with E-state index in [0.717, 1.165) is 21.6 Å². The van der Waals surface area contributed by atoms with Crippen molar-refractivity contribution in [2.75, 3.05) is 5.32 Å². The van der Waals surface area contributed by atoms with Gasteiger partial charge in [0.2, 0.25) is 15.7 Å². The third-order valence-corrected chi connectivity index (χ3v) is 7.85. The van der Waals surface area contributed by atoms with Crippen molar-refractivity contribution >= 4 is 32.8 Å². The van der Waals surface area contributed by atoms with E-state index in [9.17, 15) is 13.2 Å². The lowest BCUT2D eigenvalue weighted by atomic mass is 9.90. The second-order valence-corrected chi connectivity index (χ2v) is 9.70. The number of thiophene rings is 1. The Morgan fingerprint density at radius 3 is 2.48 bits per heavy atom. The van der Waals surface area contributed by atoms with E-state index in [4.69, 9.17) is 0 Å². The number of amides is 1. The fourth-order valence-corrected chi connectivity index (χ4v) is 6.39. The highest BCUT2D eigenvalue weighted by Gasteiger charge is 2.34. The molecule has 1 atom stereocenters. The van der Waals surface area contributed by atoms with Gasteiger partial charge in [-0.15, -0.1) is 11.3 Å². The number of carbonyl (C=O) groups excluding carboxylic acids is 1. The van der Waals surface area contributed by atoms with Crippen molar-refractivity contribution in [3.8, 4) is 0 Å². The molecule has 138 valence electrons. The minimum atomic E-state index is -3.70. The van der Waals surface area contributed by atoms with E-state index in [0.29, 0.717) is 12.1 Å². The highest BCUT2D eigenvalue weighted by atomic mass is 32.2. The van der Waals surface area contributed by atoms with Crippen LogP contribution in [0.1, 0.15) is 33.9 Å². The molecule has 4 nitrogen and oxygen atoms in total. The molecule has 1 aliphatic heterocycles. The van der Waals surface area contributed by atoms with Crippen LogP contribution in [0.15, 0.2) is 63.7 Å². The molecule has 0 fully saturated rings. The fraction of sp³-hybridized carbons (Fsp3) is 0.190. The summed E-state index contributed by atoms with van der Waals surface area (Å²) in [6.07, 6.45) is 0.320. The number of rotatable bonds is 3. The largest absolute Gasteiger partial charge is 0.324 e. The van der Waals surface area contributed by atoms with Gasteiger partial charge in [-0.1, -0.05) is 42.0 Å². The molecule has 1 N–H and O–H groups in total. The van der Waals surface area contributed by atoms with Crippen LogP contribution in [0.2, 0.25) is 0 Å². The van der Waals surface area contributed by atoms with Crippen LogP contribution in [-0.2, 0) is 14.6 Å². The highest BCUT2D eigenvalue weighted by Crippen LogP contribution is 2.45. The number of aryl methyl sites for hydroxylation is 2. The molecule has 2 heterocycles.